The Morgan fingerprint density at radius 2 is 2.00 bits per heavy atom. The quantitative estimate of drug-likeness (QED) is 0.441. The van der Waals surface area contributed by atoms with Crippen molar-refractivity contribution in [3.8, 4) is 11.3 Å². The number of carbonyl (C=O) groups excluding carboxylic acids is 1. The number of ketones is 1. The third-order valence-electron chi connectivity index (χ3n) is 4.51. The van der Waals surface area contributed by atoms with E-state index in [1.165, 1.54) is 21.9 Å². The Morgan fingerprint density at radius 3 is 2.69 bits per heavy atom. The first kappa shape index (κ1) is 19.3. The maximum absolute atomic E-state index is 12.7. The SMILES string of the molecule is CCN(c1cccc(-c2ccnc3c(C(=O)c4cccs4)ncn23)c1)S(C)(=O)=O. The second kappa shape index (κ2) is 7.41. The van der Waals surface area contributed by atoms with E-state index >= 15 is 0 Å². The average Bonchev–Trinajstić information content (AvgIpc) is 3.37. The van der Waals surface area contributed by atoms with Crippen LogP contribution in [0.3, 0.4) is 0 Å². The summed E-state index contributed by atoms with van der Waals surface area (Å²) in [5, 5.41) is 1.84. The summed E-state index contributed by atoms with van der Waals surface area (Å²) in [5.41, 5.74) is 2.88. The second-order valence-electron chi connectivity index (χ2n) is 6.40. The van der Waals surface area contributed by atoms with Crippen LogP contribution in [0.4, 0.5) is 5.69 Å². The fourth-order valence-corrected chi connectivity index (χ4v) is 4.88. The molecule has 7 nitrogen and oxygen atoms in total. The number of thiophene rings is 1. The van der Waals surface area contributed by atoms with E-state index in [-0.39, 0.29) is 11.5 Å². The van der Waals surface area contributed by atoms with Crippen molar-refractivity contribution in [1.29, 1.82) is 0 Å². The van der Waals surface area contributed by atoms with Crippen molar-refractivity contribution in [2.24, 2.45) is 0 Å². The molecule has 4 rings (SSSR count). The number of carbonyl (C=O) groups is 1. The van der Waals surface area contributed by atoms with Gasteiger partial charge in [-0.05, 0) is 36.6 Å². The van der Waals surface area contributed by atoms with Gasteiger partial charge in [0.25, 0.3) is 0 Å². The van der Waals surface area contributed by atoms with E-state index < -0.39 is 10.0 Å². The van der Waals surface area contributed by atoms with E-state index in [2.05, 4.69) is 9.97 Å². The molecule has 148 valence electrons. The monoisotopic (exact) mass is 426 g/mol. The van der Waals surface area contributed by atoms with Gasteiger partial charge >= 0.3 is 0 Å². The van der Waals surface area contributed by atoms with Gasteiger partial charge in [-0.3, -0.25) is 13.5 Å². The Labute approximate surface area is 172 Å². The van der Waals surface area contributed by atoms with E-state index in [1.54, 1.807) is 48.1 Å². The first-order valence-electron chi connectivity index (χ1n) is 8.88. The Morgan fingerprint density at radius 1 is 1.17 bits per heavy atom. The lowest BCUT2D eigenvalue weighted by molar-refractivity contribution is 0.103. The molecule has 29 heavy (non-hydrogen) atoms. The summed E-state index contributed by atoms with van der Waals surface area (Å²) in [5.74, 6) is -0.171. The predicted molar refractivity (Wildman–Crippen MR) is 114 cm³/mol. The van der Waals surface area contributed by atoms with Crippen molar-refractivity contribution in [3.05, 3.63) is 70.9 Å². The minimum absolute atomic E-state index is 0.171. The van der Waals surface area contributed by atoms with Crippen molar-refractivity contribution in [1.82, 2.24) is 14.4 Å². The van der Waals surface area contributed by atoms with Gasteiger partial charge in [0.15, 0.2) is 11.3 Å². The van der Waals surface area contributed by atoms with E-state index in [0.29, 0.717) is 22.8 Å². The molecule has 9 heteroatoms. The second-order valence-corrected chi connectivity index (χ2v) is 9.26. The molecule has 0 amide bonds. The summed E-state index contributed by atoms with van der Waals surface area (Å²) < 4.78 is 27.2. The van der Waals surface area contributed by atoms with Crippen LogP contribution in [0.25, 0.3) is 16.9 Å². The van der Waals surface area contributed by atoms with E-state index in [0.717, 1.165) is 11.3 Å². The first-order valence-corrected chi connectivity index (χ1v) is 11.6. The number of anilines is 1. The third kappa shape index (κ3) is 3.54. The van der Waals surface area contributed by atoms with Crippen molar-refractivity contribution in [3.63, 3.8) is 0 Å². The van der Waals surface area contributed by atoms with Gasteiger partial charge in [-0.15, -0.1) is 11.3 Å². The Kier molecular flexibility index (Phi) is 4.93. The van der Waals surface area contributed by atoms with Crippen LogP contribution in [0.5, 0.6) is 0 Å². The van der Waals surface area contributed by atoms with Crippen LogP contribution in [-0.4, -0.2) is 41.4 Å². The summed E-state index contributed by atoms with van der Waals surface area (Å²) in [6.45, 7) is 2.12. The lowest BCUT2D eigenvalue weighted by Crippen LogP contribution is -2.29. The van der Waals surface area contributed by atoms with Crippen LogP contribution in [0.15, 0.2) is 60.4 Å². The fourth-order valence-electron chi connectivity index (χ4n) is 3.25. The number of hydrogen-bond donors (Lipinski definition) is 0. The van der Waals surface area contributed by atoms with Crippen LogP contribution in [-0.2, 0) is 10.0 Å². The molecule has 0 bridgehead atoms. The van der Waals surface area contributed by atoms with Gasteiger partial charge in [-0.2, -0.15) is 0 Å². The lowest BCUT2D eigenvalue weighted by Gasteiger charge is -2.21. The standard InChI is InChI=1S/C20H18N4O3S2/c1-3-24(29(2,26)27)15-7-4-6-14(12-15)16-9-10-21-20-18(22-13-23(16)20)19(25)17-8-5-11-28-17/h4-13H,3H2,1-2H3. The maximum atomic E-state index is 12.7. The van der Waals surface area contributed by atoms with Gasteiger partial charge in [0.1, 0.15) is 6.33 Å². The van der Waals surface area contributed by atoms with E-state index in [1.807, 2.05) is 23.6 Å². The normalized spacial score (nSPS) is 11.7. The molecule has 0 saturated heterocycles. The lowest BCUT2D eigenvalue weighted by atomic mass is 10.1. The minimum Gasteiger partial charge on any atom is -0.286 e. The molecule has 3 aromatic heterocycles. The van der Waals surface area contributed by atoms with Gasteiger partial charge in [-0.1, -0.05) is 18.2 Å². The van der Waals surface area contributed by atoms with Crippen LogP contribution in [0.2, 0.25) is 0 Å². The topological polar surface area (TPSA) is 84.6 Å². The highest BCUT2D eigenvalue weighted by molar-refractivity contribution is 7.92. The number of aromatic nitrogens is 3. The highest BCUT2D eigenvalue weighted by Crippen LogP contribution is 2.27. The zero-order valence-corrected chi connectivity index (χ0v) is 17.4. The number of hydrogen-bond acceptors (Lipinski definition) is 6. The summed E-state index contributed by atoms with van der Waals surface area (Å²) in [6.07, 6.45) is 4.38. The molecule has 0 saturated carbocycles. The number of imidazole rings is 1. The van der Waals surface area contributed by atoms with E-state index in [9.17, 15) is 13.2 Å². The third-order valence-corrected chi connectivity index (χ3v) is 6.65. The van der Waals surface area contributed by atoms with Gasteiger partial charge in [0.2, 0.25) is 15.8 Å². The molecule has 4 aromatic rings. The highest BCUT2D eigenvalue weighted by Gasteiger charge is 2.20. The molecule has 0 atom stereocenters. The highest BCUT2D eigenvalue weighted by atomic mass is 32.2. The van der Waals surface area contributed by atoms with Crippen LogP contribution in [0, 0.1) is 0 Å². The number of sulfonamides is 1. The molecule has 0 spiro atoms. The maximum Gasteiger partial charge on any atom is 0.232 e. The molecular formula is C20H18N4O3S2. The summed E-state index contributed by atoms with van der Waals surface area (Å²) >= 11 is 1.36. The van der Waals surface area contributed by atoms with E-state index in [4.69, 9.17) is 0 Å². The molecule has 0 N–H and O–H groups in total. The first-order chi connectivity index (χ1) is 13.9. The predicted octanol–water partition coefficient (Wildman–Crippen LogP) is 3.47. The molecule has 1 aromatic carbocycles. The van der Waals surface area contributed by atoms with Gasteiger partial charge in [0.05, 0.1) is 22.5 Å². The van der Waals surface area contributed by atoms with Crippen LogP contribution in [0.1, 0.15) is 22.3 Å². The van der Waals surface area contributed by atoms with Gasteiger partial charge < -0.3 is 0 Å². The van der Waals surface area contributed by atoms with Gasteiger partial charge in [0, 0.05) is 18.3 Å². The van der Waals surface area contributed by atoms with Crippen molar-refractivity contribution >= 4 is 38.5 Å². The molecule has 0 aliphatic heterocycles. The molecule has 0 unspecified atom stereocenters. The largest absolute Gasteiger partial charge is 0.286 e. The number of rotatable bonds is 6. The zero-order valence-electron chi connectivity index (χ0n) is 15.8. The average molecular weight is 427 g/mol. The van der Waals surface area contributed by atoms with Crippen molar-refractivity contribution in [2.75, 3.05) is 17.1 Å². The van der Waals surface area contributed by atoms with Crippen LogP contribution >= 0.6 is 11.3 Å². The molecule has 0 radical (unpaired) electrons. The summed E-state index contributed by atoms with van der Waals surface area (Å²) in [7, 11) is -3.38. The Bertz CT molecular complexity index is 1290. The van der Waals surface area contributed by atoms with Crippen LogP contribution < -0.4 is 4.31 Å². The van der Waals surface area contributed by atoms with Crippen molar-refractivity contribution in [2.45, 2.75) is 6.92 Å². The Balaban J connectivity index is 1.82. The smallest absolute Gasteiger partial charge is 0.232 e. The number of fused-ring (bicyclic) bond motifs is 1. The molecule has 0 fully saturated rings. The minimum atomic E-state index is -3.38. The fraction of sp³-hybridized carbons (Fsp3) is 0.150. The Hall–Kier alpha value is -3.04. The molecular weight excluding hydrogens is 408 g/mol. The number of benzene rings is 1. The molecule has 0 aliphatic rings. The number of nitrogens with zero attached hydrogens (tertiary/aromatic N) is 4. The zero-order chi connectivity index (χ0) is 20.6. The van der Waals surface area contributed by atoms with Gasteiger partial charge in [-0.25, -0.2) is 18.4 Å². The molecule has 3 heterocycles. The van der Waals surface area contributed by atoms with Crippen molar-refractivity contribution < 1.29 is 13.2 Å². The summed E-state index contributed by atoms with van der Waals surface area (Å²) in [6, 6.07) is 12.6. The summed E-state index contributed by atoms with van der Waals surface area (Å²) in [4.78, 5) is 22.0. The molecule has 0 aliphatic carbocycles.